The molecule has 0 aromatic carbocycles. The molecule has 2 fully saturated rings. The van der Waals surface area contributed by atoms with Gasteiger partial charge in [-0.05, 0) is 76.9 Å². The Morgan fingerprint density at radius 2 is 1.63 bits per heavy atom. The molecular weight excluding hydrogens is 232 g/mol. The molecule has 0 radical (unpaired) electrons. The van der Waals surface area contributed by atoms with E-state index in [1.807, 2.05) is 0 Å². The first-order valence-electron chi connectivity index (χ1n) is 8.80. The maximum absolute atomic E-state index is 3.98. The fourth-order valence-corrected chi connectivity index (χ4v) is 3.93. The molecular formula is C17H34N2. The first kappa shape index (κ1) is 15.3. The molecule has 1 N–H and O–H groups in total. The Kier molecular flexibility index (Phi) is 6.66. The highest BCUT2D eigenvalue weighted by Gasteiger charge is 2.23. The van der Waals surface area contributed by atoms with Gasteiger partial charge in [-0.3, -0.25) is 0 Å². The van der Waals surface area contributed by atoms with Gasteiger partial charge in [-0.1, -0.05) is 20.3 Å². The third kappa shape index (κ3) is 5.07. The number of hydrogen-bond donors (Lipinski definition) is 1. The van der Waals surface area contributed by atoms with Crippen LogP contribution in [0.3, 0.4) is 0 Å². The van der Waals surface area contributed by atoms with Crippen LogP contribution in [0.4, 0.5) is 0 Å². The molecule has 0 aromatic heterocycles. The zero-order valence-electron chi connectivity index (χ0n) is 13.2. The Balaban J connectivity index is 1.68. The van der Waals surface area contributed by atoms with Crippen LogP contribution >= 0.6 is 0 Å². The van der Waals surface area contributed by atoms with Crippen molar-refractivity contribution in [2.75, 3.05) is 19.6 Å². The van der Waals surface area contributed by atoms with Crippen LogP contribution in [0.5, 0.6) is 0 Å². The second-order valence-electron chi connectivity index (χ2n) is 6.76. The van der Waals surface area contributed by atoms with Gasteiger partial charge in [-0.25, -0.2) is 0 Å². The summed E-state index contributed by atoms with van der Waals surface area (Å²) in [6.07, 6.45) is 12.6. The van der Waals surface area contributed by atoms with Gasteiger partial charge in [0.2, 0.25) is 0 Å². The predicted molar refractivity (Wildman–Crippen MR) is 83.5 cm³/mol. The topological polar surface area (TPSA) is 15.3 Å². The van der Waals surface area contributed by atoms with E-state index in [-0.39, 0.29) is 0 Å². The van der Waals surface area contributed by atoms with Crippen LogP contribution in [0.1, 0.15) is 71.6 Å². The van der Waals surface area contributed by atoms with E-state index in [4.69, 9.17) is 0 Å². The Morgan fingerprint density at radius 1 is 0.895 bits per heavy atom. The summed E-state index contributed by atoms with van der Waals surface area (Å²) < 4.78 is 0. The fourth-order valence-electron chi connectivity index (χ4n) is 3.93. The lowest BCUT2D eigenvalue weighted by Crippen LogP contribution is -2.41. The number of hydrogen-bond acceptors (Lipinski definition) is 2. The van der Waals surface area contributed by atoms with Crippen molar-refractivity contribution in [2.45, 2.75) is 83.7 Å². The predicted octanol–water partition coefficient (Wildman–Crippen LogP) is 3.81. The minimum Gasteiger partial charge on any atom is -0.311 e. The van der Waals surface area contributed by atoms with E-state index in [9.17, 15) is 0 Å². The molecule has 1 unspecified atom stereocenters. The van der Waals surface area contributed by atoms with Gasteiger partial charge in [0.05, 0.1) is 0 Å². The molecule has 1 atom stereocenters. The fraction of sp³-hybridized carbons (Fsp3) is 1.00. The standard InChI is InChI=1S/C17H34N2/c1-3-12-19-13-5-6-16(11-14-19)18-17-9-7-15(4-2)8-10-17/h15-18H,3-14H2,1-2H3. The second-order valence-corrected chi connectivity index (χ2v) is 6.76. The average Bonchev–Trinajstić information content (AvgIpc) is 2.66. The highest BCUT2D eigenvalue weighted by Crippen LogP contribution is 2.27. The van der Waals surface area contributed by atoms with Crippen molar-refractivity contribution in [1.82, 2.24) is 10.2 Å². The summed E-state index contributed by atoms with van der Waals surface area (Å²) in [5.41, 5.74) is 0. The van der Waals surface area contributed by atoms with Gasteiger partial charge in [0, 0.05) is 12.1 Å². The molecule has 2 rings (SSSR count). The lowest BCUT2D eigenvalue weighted by Gasteiger charge is -2.31. The van der Waals surface area contributed by atoms with Crippen molar-refractivity contribution >= 4 is 0 Å². The quantitative estimate of drug-likeness (QED) is 0.814. The number of rotatable bonds is 5. The van der Waals surface area contributed by atoms with Crippen molar-refractivity contribution in [3.63, 3.8) is 0 Å². The van der Waals surface area contributed by atoms with Crippen LogP contribution in [-0.4, -0.2) is 36.6 Å². The van der Waals surface area contributed by atoms with Crippen molar-refractivity contribution in [1.29, 1.82) is 0 Å². The minimum absolute atomic E-state index is 0.796. The van der Waals surface area contributed by atoms with E-state index >= 15 is 0 Å². The lowest BCUT2D eigenvalue weighted by molar-refractivity contribution is 0.255. The third-order valence-electron chi connectivity index (χ3n) is 5.26. The molecule has 19 heavy (non-hydrogen) atoms. The molecule has 1 saturated carbocycles. The second kappa shape index (κ2) is 8.26. The Hall–Kier alpha value is -0.0800. The zero-order valence-corrected chi connectivity index (χ0v) is 13.2. The van der Waals surface area contributed by atoms with Crippen LogP contribution in [0, 0.1) is 5.92 Å². The van der Waals surface area contributed by atoms with Gasteiger partial charge < -0.3 is 10.2 Å². The average molecular weight is 266 g/mol. The Labute approximate surface area is 120 Å². The molecule has 2 nitrogen and oxygen atoms in total. The maximum atomic E-state index is 3.98. The van der Waals surface area contributed by atoms with Gasteiger partial charge >= 0.3 is 0 Å². The summed E-state index contributed by atoms with van der Waals surface area (Å²) in [5.74, 6) is 1.02. The minimum atomic E-state index is 0.796. The molecule has 1 aliphatic heterocycles. The van der Waals surface area contributed by atoms with Crippen LogP contribution in [0.15, 0.2) is 0 Å². The van der Waals surface area contributed by atoms with Gasteiger partial charge in [-0.15, -0.1) is 0 Å². The molecule has 0 spiro atoms. The van der Waals surface area contributed by atoms with E-state index in [1.165, 1.54) is 77.4 Å². The summed E-state index contributed by atoms with van der Waals surface area (Å²) in [5, 5.41) is 3.98. The number of nitrogens with zero attached hydrogens (tertiary/aromatic N) is 1. The molecule has 0 aromatic rings. The van der Waals surface area contributed by atoms with Crippen molar-refractivity contribution in [2.24, 2.45) is 5.92 Å². The summed E-state index contributed by atoms with van der Waals surface area (Å²) in [7, 11) is 0. The van der Waals surface area contributed by atoms with Crippen LogP contribution in [0.25, 0.3) is 0 Å². The molecule has 0 amide bonds. The first-order valence-corrected chi connectivity index (χ1v) is 8.80. The Bertz CT molecular complexity index is 233. The number of nitrogens with one attached hydrogen (secondary N) is 1. The molecule has 2 aliphatic rings. The normalized spacial score (nSPS) is 34.1. The molecule has 1 heterocycles. The lowest BCUT2D eigenvalue weighted by atomic mass is 9.84. The van der Waals surface area contributed by atoms with Crippen molar-refractivity contribution in [3.8, 4) is 0 Å². The van der Waals surface area contributed by atoms with E-state index in [0.717, 1.165) is 18.0 Å². The molecule has 1 saturated heterocycles. The molecule has 2 heteroatoms. The third-order valence-corrected chi connectivity index (χ3v) is 5.26. The summed E-state index contributed by atoms with van der Waals surface area (Å²) >= 11 is 0. The zero-order chi connectivity index (χ0) is 13.5. The van der Waals surface area contributed by atoms with Gasteiger partial charge in [-0.2, -0.15) is 0 Å². The molecule has 1 aliphatic carbocycles. The highest BCUT2D eigenvalue weighted by molar-refractivity contribution is 4.82. The number of likely N-dealkylation sites (tertiary alicyclic amines) is 1. The summed E-state index contributed by atoms with van der Waals surface area (Å²) in [6.45, 7) is 8.59. The van der Waals surface area contributed by atoms with Crippen molar-refractivity contribution in [3.05, 3.63) is 0 Å². The van der Waals surface area contributed by atoms with E-state index in [1.54, 1.807) is 0 Å². The van der Waals surface area contributed by atoms with Gasteiger partial charge in [0.15, 0.2) is 0 Å². The van der Waals surface area contributed by atoms with Gasteiger partial charge in [0.1, 0.15) is 0 Å². The van der Waals surface area contributed by atoms with E-state index < -0.39 is 0 Å². The van der Waals surface area contributed by atoms with Gasteiger partial charge in [0.25, 0.3) is 0 Å². The van der Waals surface area contributed by atoms with Crippen LogP contribution < -0.4 is 5.32 Å². The SMILES string of the molecule is CCCN1CCCC(NC2CCC(CC)CC2)CC1. The smallest absolute Gasteiger partial charge is 0.00823 e. The summed E-state index contributed by atoms with van der Waals surface area (Å²) in [4.78, 5) is 2.66. The highest BCUT2D eigenvalue weighted by atomic mass is 15.1. The van der Waals surface area contributed by atoms with E-state index in [2.05, 4.69) is 24.1 Å². The summed E-state index contributed by atoms with van der Waals surface area (Å²) in [6, 6.07) is 1.62. The largest absolute Gasteiger partial charge is 0.311 e. The first-order chi connectivity index (χ1) is 9.31. The van der Waals surface area contributed by atoms with Crippen LogP contribution in [0.2, 0.25) is 0 Å². The molecule has 0 bridgehead atoms. The van der Waals surface area contributed by atoms with Crippen LogP contribution in [-0.2, 0) is 0 Å². The maximum Gasteiger partial charge on any atom is 0.00823 e. The Morgan fingerprint density at radius 3 is 2.32 bits per heavy atom. The van der Waals surface area contributed by atoms with E-state index in [0.29, 0.717) is 0 Å². The van der Waals surface area contributed by atoms with Crippen molar-refractivity contribution < 1.29 is 0 Å². The monoisotopic (exact) mass is 266 g/mol. The molecule has 112 valence electrons.